The van der Waals surface area contributed by atoms with Gasteiger partial charge in [-0.25, -0.2) is 4.98 Å². The summed E-state index contributed by atoms with van der Waals surface area (Å²) >= 11 is 12.3. The van der Waals surface area contributed by atoms with Crippen LogP contribution in [0, 0.1) is 0 Å². The number of carbonyl (C=O) groups is 1. The first-order valence-corrected chi connectivity index (χ1v) is 10.4. The third-order valence-electron chi connectivity index (χ3n) is 5.00. The molecule has 3 rings (SSSR count). The smallest absolute Gasteiger partial charge is 0.261 e. The van der Waals surface area contributed by atoms with Gasteiger partial charge in [-0.3, -0.25) is 14.2 Å². The lowest BCUT2D eigenvalue weighted by molar-refractivity contribution is 0.0603. The molecule has 0 radical (unpaired) electrons. The van der Waals surface area contributed by atoms with Crippen LogP contribution in [0.2, 0.25) is 10.0 Å². The first-order chi connectivity index (χ1) is 14.4. The largest absolute Gasteiger partial charge is 0.383 e. The third-order valence-corrected chi connectivity index (χ3v) is 5.57. The average Bonchev–Trinajstić information content (AvgIpc) is 2.74. The first-order valence-electron chi connectivity index (χ1n) is 9.63. The van der Waals surface area contributed by atoms with E-state index in [9.17, 15) is 9.59 Å². The van der Waals surface area contributed by atoms with Crippen molar-refractivity contribution in [1.82, 2.24) is 14.5 Å². The molecule has 1 aromatic heterocycles. The summed E-state index contributed by atoms with van der Waals surface area (Å²) < 4.78 is 6.78. The Hall–Kier alpha value is -2.41. The predicted octanol–water partition coefficient (Wildman–Crippen LogP) is 4.57. The predicted molar refractivity (Wildman–Crippen MR) is 119 cm³/mol. The van der Waals surface area contributed by atoms with Crippen LogP contribution >= 0.6 is 23.2 Å². The summed E-state index contributed by atoms with van der Waals surface area (Å²) in [5.41, 5.74) is 0.733. The van der Waals surface area contributed by atoms with E-state index in [0.29, 0.717) is 52.0 Å². The van der Waals surface area contributed by atoms with E-state index in [0.717, 1.165) is 0 Å². The van der Waals surface area contributed by atoms with Crippen molar-refractivity contribution in [2.24, 2.45) is 0 Å². The van der Waals surface area contributed by atoms with E-state index in [-0.39, 0.29) is 11.5 Å². The molecule has 0 saturated carbocycles. The zero-order valence-corrected chi connectivity index (χ0v) is 18.6. The Bertz CT molecular complexity index is 1130. The van der Waals surface area contributed by atoms with Gasteiger partial charge in [0.05, 0.1) is 34.1 Å². The van der Waals surface area contributed by atoms with E-state index in [2.05, 4.69) is 0 Å². The van der Waals surface area contributed by atoms with Crippen molar-refractivity contribution in [3.05, 3.63) is 74.3 Å². The minimum atomic E-state index is -0.489. The van der Waals surface area contributed by atoms with Crippen molar-refractivity contribution in [2.45, 2.75) is 26.4 Å². The Labute approximate surface area is 185 Å². The minimum absolute atomic E-state index is 0.191. The highest BCUT2D eigenvalue weighted by Gasteiger charge is 2.27. The summed E-state index contributed by atoms with van der Waals surface area (Å²) in [6, 6.07) is 11.4. The van der Waals surface area contributed by atoms with Crippen LogP contribution in [0.5, 0.6) is 0 Å². The van der Waals surface area contributed by atoms with Crippen LogP contribution in [-0.2, 0) is 11.3 Å². The van der Waals surface area contributed by atoms with Crippen LogP contribution in [0.25, 0.3) is 10.9 Å². The number of nitrogens with zero attached hydrogens (tertiary/aromatic N) is 3. The Morgan fingerprint density at radius 3 is 2.63 bits per heavy atom. The molecule has 1 heterocycles. The van der Waals surface area contributed by atoms with E-state index in [1.807, 2.05) is 13.8 Å². The standard InChI is InChI=1S/C22H23Cl2N3O3/c1-4-26-20(25-19-10-9-15(23)13-17(19)22(26)29)14(2)27(11-12-30-3)21(28)16-7-5-6-8-18(16)24/h5-10,13-14H,4,11-12H2,1-3H3. The van der Waals surface area contributed by atoms with Gasteiger partial charge in [-0.1, -0.05) is 35.3 Å². The van der Waals surface area contributed by atoms with E-state index in [1.165, 1.54) is 0 Å². The molecule has 2 aromatic carbocycles. The maximum atomic E-state index is 13.3. The Kier molecular flexibility index (Phi) is 7.13. The second kappa shape index (κ2) is 9.60. The highest BCUT2D eigenvalue weighted by molar-refractivity contribution is 6.33. The van der Waals surface area contributed by atoms with Gasteiger partial charge in [0.15, 0.2) is 0 Å². The number of halogens is 2. The van der Waals surface area contributed by atoms with Crippen LogP contribution in [0.15, 0.2) is 47.3 Å². The van der Waals surface area contributed by atoms with Crippen LogP contribution in [0.3, 0.4) is 0 Å². The number of hydrogen-bond donors (Lipinski definition) is 0. The molecule has 0 spiro atoms. The monoisotopic (exact) mass is 447 g/mol. The summed E-state index contributed by atoms with van der Waals surface area (Å²) in [5.74, 6) is 0.243. The Morgan fingerprint density at radius 1 is 1.23 bits per heavy atom. The number of amides is 1. The molecule has 1 atom stereocenters. The molecular formula is C22H23Cl2N3O3. The van der Waals surface area contributed by atoms with E-state index < -0.39 is 6.04 Å². The lowest BCUT2D eigenvalue weighted by Gasteiger charge is -2.30. The molecule has 8 heteroatoms. The molecule has 0 saturated heterocycles. The lowest BCUT2D eigenvalue weighted by Crippen LogP contribution is -2.39. The topological polar surface area (TPSA) is 64.4 Å². The number of methoxy groups -OCH3 is 1. The minimum Gasteiger partial charge on any atom is -0.383 e. The molecule has 0 N–H and O–H groups in total. The number of aromatic nitrogens is 2. The molecule has 0 bridgehead atoms. The number of rotatable bonds is 7. The second-order valence-electron chi connectivity index (χ2n) is 6.83. The van der Waals surface area contributed by atoms with E-state index >= 15 is 0 Å². The van der Waals surface area contributed by atoms with Crippen molar-refractivity contribution in [2.75, 3.05) is 20.3 Å². The zero-order valence-electron chi connectivity index (χ0n) is 17.1. The third kappa shape index (κ3) is 4.36. The van der Waals surface area contributed by atoms with Gasteiger partial charge in [0.25, 0.3) is 11.5 Å². The molecule has 0 aliphatic carbocycles. The molecule has 1 amide bonds. The van der Waals surface area contributed by atoms with Gasteiger partial charge < -0.3 is 9.64 Å². The average molecular weight is 448 g/mol. The fourth-order valence-electron chi connectivity index (χ4n) is 3.42. The van der Waals surface area contributed by atoms with Crippen molar-refractivity contribution in [3.8, 4) is 0 Å². The summed E-state index contributed by atoms with van der Waals surface area (Å²) in [7, 11) is 1.57. The number of carbonyl (C=O) groups excluding carboxylic acids is 1. The van der Waals surface area contributed by atoms with Gasteiger partial charge in [0, 0.05) is 25.2 Å². The number of fused-ring (bicyclic) bond motifs is 1. The summed E-state index contributed by atoms with van der Waals surface area (Å²) in [6.07, 6.45) is 0. The molecule has 0 fully saturated rings. The molecule has 3 aromatic rings. The van der Waals surface area contributed by atoms with Crippen molar-refractivity contribution >= 4 is 40.0 Å². The van der Waals surface area contributed by atoms with Gasteiger partial charge in [-0.15, -0.1) is 0 Å². The van der Waals surface area contributed by atoms with Crippen LogP contribution in [0.1, 0.15) is 36.1 Å². The van der Waals surface area contributed by atoms with E-state index in [4.69, 9.17) is 32.9 Å². The van der Waals surface area contributed by atoms with Crippen molar-refractivity contribution in [3.63, 3.8) is 0 Å². The highest BCUT2D eigenvalue weighted by atomic mass is 35.5. The van der Waals surface area contributed by atoms with Crippen LogP contribution in [0.4, 0.5) is 0 Å². The SMILES string of the molecule is CCn1c(C(C)N(CCOC)C(=O)c2ccccc2Cl)nc2ccc(Cl)cc2c1=O. The molecule has 1 unspecified atom stereocenters. The normalized spacial score (nSPS) is 12.2. The van der Waals surface area contributed by atoms with E-state index in [1.54, 1.807) is 59.0 Å². The van der Waals surface area contributed by atoms with Gasteiger partial charge in [0.1, 0.15) is 5.82 Å². The molecule has 6 nitrogen and oxygen atoms in total. The van der Waals surface area contributed by atoms with Crippen molar-refractivity contribution < 1.29 is 9.53 Å². The first kappa shape index (κ1) is 22.3. The van der Waals surface area contributed by atoms with Gasteiger partial charge in [-0.2, -0.15) is 0 Å². The number of benzene rings is 2. The number of ether oxygens (including phenoxy) is 1. The zero-order chi connectivity index (χ0) is 21.8. The van der Waals surface area contributed by atoms with Gasteiger partial charge >= 0.3 is 0 Å². The van der Waals surface area contributed by atoms with Gasteiger partial charge in [-0.05, 0) is 44.2 Å². The summed E-state index contributed by atoms with van der Waals surface area (Å²) in [5, 5.41) is 1.28. The van der Waals surface area contributed by atoms with Crippen LogP contribution < -0.4 is 5.56 Å². The highest BCUT2D eigenvalue weighted by Crippen LogP contribution is 2.25. The molecule has 0 aliphatic rings. The Morgan fingerprint density at radius 2 is 1.97 bits per heavy atom. The van der Waals surface area contributed by atoms with Crippen molar-refractivity contribution in [1.29, 1.82) is 0 Å². The lowest BCUT2D eigenvalue weighted by atomic mass is 10.1. The molecule has 30 heavy (non-hydrogen) atoms. The molecule has 158 valence electrons. The Balaban J connectivity index is 2.12. The number of hydrogen-bond acceptors (Lipinski definition) is 4. The summed E-state index contributed by atoms with van der Waals surface area (Å²) in [6.45, 7) is 4.78. The van der Waals surface area contributed by atoms with Gasteiger partial charge in [0.2, 0.25) is 0 Å². The van der Waals surface area contributed by atoms with Crippen LogP contribution in [-0.4, -0.2) is 40.6 Å². The molecular weight excluding hydrogens is 425 g/mol. The fourth-order valence-corrected chi connectivity index (χ4v) is 3.81. The maximum Gasteiger partial charge on any atom is 0.261 e. The second-order valence-corrected chi connectivity index (χ2v) is 7.67. The maximum absolute atomic E-state index is 13.3. The summed E-state index contributed by atoms with van der Waals surface area (Å²) in [4.78, 5) is 32.8. The fraction of sp³-hybridized carbons (Fsp3) is 0.318. The molecule has 0 aliphatic heterocycles. The quantitative estimate of drug-likeness (QED) is 0.531.